The Morgan fingerprint density at radius 2 is 1.55 bits per heavy atom. The molecule has 0 saturated carbocycles. The average Bonchev–Trinajstić information content (AvgIpc) is 3.18. The molecule has 2 unspecified atom stereocenters. The van der Waals surface area contributed by atoms with E-state index in [1.165, 1.54) is 33.3 Å². The van der Waals surface area contributed by atoms with Crippen molar-refractivity contribution in [1.82, 2.24) is 10.3 Å². The Kier molecular flexibility index (Phi) is 4.49. The van der Waals surface area contributed by atoms with Crippen molar-refractivity contribution in [1.29, 1.82) is 0 Å². The molecule has 1 aliphatic heterocycles. The zero-order valence-electron chi connectivity index (χ0n) is 16.6. The van der Waals surface area contributed by atoms with Crippen molar-refractivity contribution in [2.24, 2.45) is 0 Å². The second-order valence-electron chi connectivity index (χ2n) is 7.42. The van der Waals surface area contributed by atoms with Crippen LogP contribution in [0.25, 0.3) is 10.9 Å². The minimum absolute atomic E-state index is 0.148. The van der Waals surface area contributed by atoms with Crippen LogP contribution in [-0.2, 0) is 0 Å². The van der Waals surface area contributed by atoms with Gasteiger partial charge in [-0.25, -0.2) is 0 Å². The highest BCUT2D eigenvalue weighted by atomic mass is 16.5. The van der Waals surface area contributed by atoms with Gasteiger partial charge in [-0.3, -0.25) is 0 Å². The third-order valence-electron chi connectivity index (χ3n) is 5.88. The van der Waals surface area contributed by atoms with E-state index in [0.29, 0.717) is 0 Å². The van der Waals surface area contributed by atoms with Crippen molar-refractivity contribution >= 4 is 10.9 Å². The summed E-state index contributed by atoms with van der Waals surface area (Å²) in [6, 6.07) is 25.6. The van der Waals surface area contributed by atoms with Gasteiger partial charge in [-0.1, -0.05) is 54.6 Å². The zero-order chi connectivity index (χ0) is 19.8. The normalized spacial score (nSPS) is 18.4. The van der Waals surface area contributed by atoms with Crippen LogP contribution in [0.1, 0.15) is 34.3 Å². The van der Waals surface area contributed by atoms with Gasteiger partial charge < -0.3 is 19.8 Å². The molecule has 4 aromatic rings. The number of aromatic amines is 1. The summed E-state index contributed by atoms with van der Waals surface area (Å²) in [6.45, 7) is 0.851. The number of methoxy groups -OCH3 is 2. The molecular formula is C25H24N2O2. The number of ether oxygens (including phenoxy) is 2. The minimum Gasteiger partial charge on any atom is -0.493 e. The number of para-hydroxylation sites is 1. The predicted octanol–water partition coefficient (Wildman–Crippen LogP) is 5.01. The van der Waals surface area contributed by atoms with E-state index in [2.05, 4.69) is 77.0 Å². The molecule has 146 valence electrons. The minimum atomic E-state index is 0.148. The molecule has 2 N–H and O–H groups in total. The summed E-state index contributed by atoms with van der Waals surface area (Å²) in [6.07, 6.45) is 0. The third-order valence-corrected chi connectivity index (χ3v) is 5.88. The van der Waals surface area contributed by atoms with Crippen LogP contribution < -0.4 is 14.8 Å². The Bertz CT molecular complexity index is 1150. The van der Waals surface area contributed by atoms with Crippen molar-refractivity contribution < 1.29 is 9.47 Å². The van der Waals surface area contributed by atoms with Crippen LogP contribution in [0.4, 0.5) is 0 Å². The molecule has 0 amide bonds. The molecule has 3 aromatic carbocycles. The average molecular weight is 384 g/mol. The maximum atomic E-state index is 5.56. The Hall–Kier alpha value is -3.24. The molecule has 4 nitrogen and oxygen atoms in total. The SMILES string of the molecule is COc1ccc(C2CNC(c3ccccc3)c3[nH]c4ccccc4c32)cc1OC. The van der Waals surface area contributed by atoms with Crippen LogP contribution >= 0.6 is 0 Å². The maximum Gasteiger partial charge on any atom is 0.161 e. The van der Waals surface area contributed by atoms with Crippen LogP contribution in [0.15, 0.2) is 72.8 Å². The summed E-state index contributed by atoms with van der Waals surface area (Å²) >= 11 is 0. The summed E-state index contributed by atoms with van der Waals surface area (Å²) in [4.78, 5) is 3.70. The van der Waals surface area contributed by atoms with Gasteiger partial charge in [-0.15, -0.1) is 0 Å². The lowest BCUT2D eigenvalue weighted by atomic mass is 9.83. The Balaban J connectivity index is 1.68. The highest BCUT2D eigenvalue weighted by Crippen LogP contribution is 2.42. The van der Waals surface area contributed by atoms with Crippen LogP contribution in [0.5, 0.6) is 11.5 Å². The van der Waals surface area contributed by atoms with Crippen molar-refractivity contribution in [3.05, 3.63) is 95.2 Å². The fraction of sp³-hybridized carbons (Fsp3) is 0.200. The van der Waals surface area contributed by atoms with Gasteiger partial charge in [-0.05, 0) is 34.9 Å². The Morgan fingerprint density at radius 3 is 2.34 bits per heavy atom. The van der Waals surface area contributed by atoms with Crippen LogP contribution in [0, 0.1) is 0 Å². The summed E-state index contributed by atoms with van der Waals surface area (Å²) in [7, 11) is 3.35. The van der Waals surface area contributed by atoms with Crippen LogP contribution in [0.3, 0.4) is 0 Å². The van der Waals surface area contributed by atoms with Gasteiger partial charge in [0.05, 0.1) is 20.3 Å². The van der Waals surface area contributed by atoms with Gasteiger partial charge in [0, 0.05) is 29.1 Å². The van der Waals surface area contributed by atoms with E-state index in [4.69, 9.17) is 9.47 Å². The predicted molar refractivity (Wildman–Crippen MR) is 116 cm³/mol. The van der Waals surface area contributed by atoms with Crippen LogP contribution in [-0.4, -0.2) is 25.7 Å². The molecule has 29 heavy (non-hydrogen) atoms. The second kappa shape index (κ2) is 7.30. The highest BCUT2D eigenvalue weighted by molar-refractivity contribution is 5.86. The van der Waals surface area contributed by atoms with E-state index >= 15 is 0 Å². The number of aromatic nitrogens is 1. The van der Waals surface area contributed by atoms with Gasteiger partial charge in [0.1, 0.15) is 0 Å². The number of hydrogen-bond donors (Lipinski definition) is 2. The molecule has 0 spiro atoms. The first-order chi connectivity index (χ1) is 14.3. The van der Waals surface area contributed by atoms with E-state index in [1.807, 2.05) is 6.07 Å². The first-order valence-electron chi connectivity index (χ1n) is 9.91. The highest BCUT2D eigenvalue weighted by Gasteiger charge is 2.32. The number of hydrogen-bond acceptors (Lipinski definition) is 3. The Labute approximate surface area is 170 Å². The fourth-order valence-electron chi connectivity index (χ4n) is 4.51. The lowest BCUT2D eigenvalue weighted by Gasteiger charge is -2.31. The molecule has 0 radical (unpaired) electrons. The van der Waals surface area contributed by atoms with Gasteiger partial charge in [-0.2, -0.15) is 0 Å². The molecule has 2 heterocycles. The van der Waals surface area contributed by atoms with Gasteiger partial charge in [0.25, 0.3) is 0 Å². The summed E-state index contributed by atoms with van der Waals surface area (Å²) in [5.74, 6) is 1.74. The Morgan fingerprint density at radius 1 is 0.793 bits per heavy atom. The number of benzene rings is 3. The largest absolute Gasteiger partial charge is 0.493 e. The fourth-order valence-corrected chi connectivity index (χ4v) is 4.51. The van der Waals surface area contributed by atoms with Gasteiger partial charge in [0.2, 0.25) is 0 Å². The van der Waals surface area contributed by atoms with Gasteiger partial charge >= 0.3 is 0 Å². The van der Waals surface area contributed by atoms with E-state index in [0.717, 1.165) is 18.0 Å². The molecule has 0 aliphatic carbocycles. The zero-order valence-corrected chi connectivity index (χ0v) is 16.6. The van der Waals surface area contributed by atoms with Crippen LogP contribution in [0.2, 0.25) is 0 Å². The second-order valence-corrected chi connectivity index (χ2v) is 7.42. The summed E-state index contributed by atoms with van der Waals surface area (Å²) < 4.78 is 11.0. The van der Waals surface area contributed by atoms with E-state index < -0.39 is 0 Å². The van der Waals surface area contributed by atoms with Crippen molar-refractivity contribution in [3.8, 4) is 11.5 Å². The lowest BCUT2D eigenvalue weighted by Crippen LogP contribution is -2.34. The molecular weight excluding hydrogens is 360 g/mol. The lowest BCUT2D eigenvalue weighted by molar-refractivity contribution is 0.354. The molecule has 4 heteroatoms. The first kappa shape index (κ1) is 17.8. The van der Waals surface area contributed by atoms with Gasteiger partial charge in [0.15, 0.2) is 11.5 Å². The quantitative estimate of drug-likeness (QED) is 0.520. The molecule has 1 aromatic heterocycles. The van der Waals surface area contributed by atoms with E-state index in [-0.39, 0.29) is 12.0 Å². The maximum absolute atomic E-state index is 5.56. The van der Waals surface area contributed by atoms with E-state index in [1.54, 1.807) is 14.2 Å². The molecule has 0 bridgehead atoms. The summed E-state index contributed by atoms with van der Waals surface area (Å²) in [5.41, 5.74) is 6.26. The monoisotopic (exact) mass is 384 g/mol. The summed E-state index contributed by atoms with van der Waals surface area (Å²) in [5, 5.41) is 5.05. The molecule has 5 rings (SSSR count). The number of fused-ring (bicyclic) bond motifs is 3. The number of nitrogens with one attached hydrogen (secondary N) is 2. The van der Waals surface area contributed by atoms with E-state index in [9.17, 15) is 0 Å². The van der Waals surface area contributed by atoms with Crippen molar-refractivity contribution in [2.75, 3.05) is 20.8 Å². The third kappa shape index (κ3) is 2.97. The standard InChI is InChI=1S/C25H24N2O2/c1-28-21-13-12-17(14-22(21)29-2)19-15-26-24(16-8-4-3-5-9-16)25-23(19)18-10-6-7-11-20(18)27-25/h3-14,19,24,26-27H,15H2,1-2H3. The first-order valence-corrected chi connectivity index (χ1v) is 9.91. The molecule has 1 aliphatic rings. The number of H-pyrrole nitrogens is 1. The molecule has 0 fully saturated rings. The molecule has 2 atom stereocenters. The smallest absolute Gasteiger partial charge is 0.161 e. The topological polar surface area (TPSA) is 46.3 Å². The molecule has 0 saturated heterocycles. The van der Waals surface area contributed by atoms with Crippen molar-refractivity contribution in [3.63, 3.8) is 0 Å². The van der Waals surface area contributed by atoms with Crippen molar-refractivity contribution in [2.45, 2.75) is 12.0 Å². The number of rotatable bonds is 4.